The summed E-state index contributed by atoms with van der Waals surface area (Å²) in [4.78, 5) is 2.03. The quantitative estimate of drug-likeness (QED) is 0.681. The number of hydrogen-bond donors (Lipinski definition) is 0. The molecule has 1 aliphatic heterocycles. The second-order valence-electron chi connectivity index (χ2n) is 4.66. The minimum absolute atomic E-state index is 0.156. The lowest BCUT2D eigenvalue weighted by atomic mass is 10.2. The maximum absolute atomic E-state index is 11.1. The Bertz CT molecular complexity index is 265. The number of ether oxygens (including phenoxy) is 1. The van der Waals surface area contributed by atoms with Crippen LogP contribution in [0.15, 0.2) is 0 Å². The van der Waals surface area contributed by atoms with Crippen LogP contribution in [0, 0.1) is 0 Å². The van der Waals surface area contributed by atoms with Gasteiger partial charge in [-0.1, -0.05) is 0 Å². The lowest BCUT2D eigenvalue weighted by Crippen LogP contribution is -2.42. The first-order valence-corrected chi connectivity index (χ1v) is 6.67. The Morgan fingerprint density at radius 2 is 1.71 bits per heavy atom. The summed E-state index contributed by atoms with van der Waals surface area (Å²) in [6, 6.07) is 0. The Balaban J connectivity index is 2.30. The fraction of sp³-hybridized carbons (Fsp3) is 1.00. The van der Waals surface area contributed by atoms with Crippen molar-refractivity contribution < 1.29 is 13.2 Å². The molecule has 1 rings (SSSR count). The van der Waals surface area contributed by atoms with E-state index in [9.17, 15) is 8.42 Å². The second-order valence-corrected chi connectivity index (χ2v) is 6.96. The predicted molar refractivity (Wildman–Crippen MR) is 55.9 cm³/mol. The summed E-state index contributed by atoms with van der Waals surface area (Å²) in [5.74, 6) is 0.529. The highest BCUT2D eigenvalue weighted by atomic mass is 32.2. The van der Waals surface area contributed by atoms with Crippen molar-refractivity contribution >= 4 is 9.84 Å². The highest BCUT2D eigenvalue weighted by Gasteiger charge is 2.22. The van der Waals surface area contributed by atoms with Crippen LogP contribution in [0.4, 0.5) is 0 Å². The van der Waals surface area contributed by atoms with E-state index in [4.69, 9.17) is 4.74 Å². The molecule has 1 fully saturated rings. The van der Waals surface area contributed by atoms with E-state index in [2.05, 4.69) is 0 Å². The first kappa shape index (κ1) is 11.9. The van der Waals surface area contributed by atoms with Crippen LogP contribution in [0.1, 0.15) is 20.8 Å². The molecule has 0 spiro atoms. The molecule has 1 aliphatic rings. The van der Waals surface area contributed by atoms with Crippen molar-refractivity contribution in [2.75, 3.05) is 31.3 Å². The Labute approximate surface area is 86.2 Å². The summed E-state index contributed by atoms with van der Waals surface area (Å²) in [5, 5.41) is 0. The van der Waals surface area contributed by atoms with E-state index >= 15 is 0 Å². The topological polar surface area (TPSA) is 46.6 Å². The summed E-state index contributed by atoms with van der Waals surface area (Å²) in [7, 11) is -2.77. The lowest BCUT2D eigenvalue weighted by Gasteiger charge is -2.29. The van der Waals surface area contributed by atoms with Crippen molar-refractivity contribution in [1.82, 2.24) is 4.90 Å². The first-order valence-electron chi connectivity index (χ1n) is 4.85. The smallest absolute Gasteiger partial charge is 0.152 e. The Kier molecular flexibility index (Phi) is 3.55. The van der Waals surface area contributed by atoms with Crippen LogP contribution in [0.25, 0.3) is 0 Å². The molecule has 14 heavy (non-hydrogen) atoms. The van der Waals surface area contributed by atoms with Gasteiger partial charge in [-0.2, -0.15) is 0 Å². The van der Waals surface area contributed by atoms with Gasteiger partial charge in [-0.25, -0.2) is 8.42 Å². The first-order chi connectivity index (χ1) is 6.29. The normalized spacial score (nSPS) is 23.6. The maximum atomic E-state index is 11.1. The predicted octanol–water partition coefficient (Wildman–Crippen LogP) is 0.489. The fourth-order valence-electron chi connectivity index (χ4n) is 1.16. The molecule has 1 heterocycles. The lowest BCUT2D eigenvalue weighted by molar-refractivity contribution is -0.0608. The molecule has 0 bridgehead atoms. The highest BCUT2D eigenvalue weighted by Crippen LogP contribution is 2.09. The number of nitrogens with zero attached hydrogens (tertiary/aromatic N) is 1. The van der Waals surface area contributed by atoms with Crippen LogP contribution < -0.4 is 0 Å². The van der Waals surface area contributed by atoms with Crippen LogP contribution in [0.5, 0.6) is 0 Å². The molecule has 0 aromatic rings. The standard InChI is InChI=1S/C9H19NO3S/c1-9(2,3)13-8-10-4-6-14(11,12)7-5-10/h4-8H2,1-3H3. The van der Waals surface area contributed by atoms with Crippen molar-refractivity contribution in [3.63, 3.8) is 0 Å². The summed E-state index contributed by atoms with van der Waals surface area (Å²) in [5.41, 5.74) is -0.156. The molecule has 4 nitrogen and oxygen atoms in total. The van der Waals surface area contributed by atoms with Crippen LogP contribution in [-0.2, 0) is 14.6 Å². The van der Waals surface area contributed by atoms with Crippen molar-refractivity contribution in [2.24, 2.45) is 0 Å². The number of hydrogen-bond acceptors (Lipinski definition) is 4. The van der Waals surface area contributed by atoms with Gasteiger partial charge in [0.25, 0.3) is 0 Å². The van der Waals surface area contributed by atoms with Crippen LogP contribution >= 0.6 is 0 Å². The fourth-order valence-corrected chi connectivity index (χ4v) is 2.44. The summed E-state index contributed by atoms with van der Waals surface area (Å²) < 4.78 is 27.8. The Morgan fingerprint density at radius 1 is 1.21 bits per heavy atom. The van der Waals surface area contributed by atoms with Gasteiger partial charge in [-0.05, 0) is 20.8 Å². The Hall–Kier alpha value is -0.130. The summed E-state index contributed by atoms with van der Waals surface area (Å²) >= 11 is 0. The molecule has 84 valence electrons. The molecule has 0 N–H and O–H groups in total. The van der Waals surface area contributed by atoms with Crippen molar-refractivity contribution in [2.45, 2.75) is 26.4 Å². The molecule has 0 saturated carbocycles. The number of rotatable bonds is 2. The molecular weight excluding hydrogens is 202 g/mol. The van der Waals surface area contributed by atoms with Gasteiger partial charge in [0.2, 0.25) is 0 Å². The molecule has 0 aromatic carbocycles. The largest absolute Gasteiger partial charge is 0.360 e. The molecule has 1 saturated heterocycles. The van der Waals surface area contributed by atoms with Gasteiger partial charge in [0.15, 0.2) is 9.84 Å². The van der Waals surface area contributed by atoms with Crippen LogP contribution in [-0.4, -0.2) is 50.2 Å². The second kappa shape index (κ2) is 4.16. The van der Waals surface area contributed by atoms with E-state index in [1.807, 2.05) is 25.7 Å². The van der Waals surface area contributed by atoms with E-state index in [1.165, 1.54) is 0 Å². The maximum Gasteiger partial charge on any atom is 0.152 e. The van der Waals surface area contributed by atoms with Gasteiger partial charge in [0.1, 0.15) is 0 Å². The third kappa shape index (κ3) is 4.39. The molecule has 0 unspecified atom stereocenters. The molecule has 0 radical (unpaired) electrons. The van der Waals surface area contributed by atoms with E-state index in [0.29, 0.717) is 19.8 Å². The third-order valence-electron chi connectivity index (χ3n) is 2.12. The zero-order chi connectivity index (χ0) is 10.8. The molecule has 0 amide bonds. The minimum atomic E-state index is -2.77. The monoisotopic (exact) mass is 221 g/mol. The van der Waals surface area contributed by atoms with Gasteiger partial charge in [-0.3, -0.25) is 4.90 Å². The van der Waals surface area contributed by atoms with E-state index < -0.39 is 9.84 Å². The van der Waals surface area contributed by atoms with E-state index in [1.54, 1.807) is 0 Å². The van der Waals surface area contributed by atoms with Crippen molar-refractivity contribution in [1.29, 1.82) is 0 Å². The Morgan fingerprint density at radius 3 is 2.14 bits per heavy atom. The van der Waals surface area contributed by atoms with Gasteiger partial charge in [-0.15, -0.1) is 0 Å². The van der Waals surface area contributed by atoms with Gasteiger partial charge >= 0.3 is 0 Å². The van der Waals surface area contributed by atoms with E-state index in [-0.39, 0.29) is 17.1 Å². The van der Waals surface area contributed by atoms with Gasteiger partial charge in [0.05, 0.1) is 23.8 Å². The van der Waals surface area contributed by atoms with Crippen LogP contribution in [0.3, 0.4) is 0 Å². The zero-order valence-corrected chi connectivity index (χ0v) is 9.93. The highest BCUT2D eigenvalue weighted by molar-refractivity contribution is 7.91. The summed E-state index contributed by atoms with van der Waals surface area (Å²) in [6.07, 6.45) is 0. The van der Waals surface area contributed by atoms with Crippen LogP contribution in [0.2, 0.25) is 0 Å². The minimum Gasteiger partial charge on any atom is -0.360 e. The molecule has 5 heteroatoms. The average Bonchev–Trinajstić information content (AvgIpc) is 2.01. The van der Waals surface area contributed by atoms with Gasteiger partial charge < -0.3 is 4.74 Å². The third-order valence-corrected chi connectivity index (χ3v) is 3.73. The molecular formula is C9H19NO3S. The van der Waals surface area contributed by atoms with Crippen molar-refractivity contribution in [3.8, 4) is 0 Å². The summed E-state index contributed by atoms with van der Waals surface area (Å²) in [6.45, 7) is 7.70. The SMILES string of the molecule is CC(C)(C)OCN1CCS(=O)(=O)CC1. The zero-order valence-electron chi connectivity index (χ0n) is 9.12. The average molecular weight is 221 g/mol. The number of sulfone groups is 1. The van der Waals surface area contributed by atoms with Gasteiger partial charge in [0, 0.05) is 13.1 Å². The molecule has 0 aliphatic carbocycles. The van der Waals surface area contributed by atoms with E-state index in [0.717, 1.165) is 0 Å². The van der Waals surface area contributed by atoms with Crippen molar-refractivity contribution in [3.05, 3.63) is 0 Å². The molecule has 0 aromatic heterocycles. The molecule has 0 atom stereocenters.